The average Bonchev–Trinajstić information content (AvgIpc) is 3.38. The first-order valence-corrected chi connectivity index (χ1v) is 11.0. The molecule has 0 bridgehead atoms. The van der Waals surface area contributed by atoms with Gasteiger partial charge in [-0.25, -0.2) is 0 Å². The van der Waals surface area contributed by atoms with Gasteiger partial charge >= 0.3 is 0 Å². The number of rotatable bonds is 8. The largest absolute Gasteiger partial charge is 0.364 e. The summed E-state index contributed by atoms with van der Waals surface area (Å²) < 4.78 is 1.89. The second-order valence-corrected chi connectivity index (χ2v) is 8.34. The number of fused-ring (bicyclic) bond motifs is 3. The lowest BCUT2D eigenvalue weighted by Crippen LogP contribution is -2.19. The van der Waals surface area contributed by atoms with Crippen LogP contribution in [0.25, 0.3) is 11.3 Å². The molecule has 0 saturated heterocycles. The summed E-state index contributed by atoms with van der Waals surface area (Å²) in [5.41, 5.74) is 4.76. The molecule has 30 heavy (non-hydrogen) atoms. The third-order valence-corrected chi connectivity index (χ3v) is 5.96. The summed E-state index contributed by atoms with van der Waals surface area (Å²) in [5, 5.41) is 11.0. The van der Waals surface area contributed by atoms with Crippen molar-refractivity contribution in [2.75, 3.05) is 18.4 Å². The zero-order chi connectivity index (χ0) is 20.3. The summed E-state index contributed by atoms with van der Waals surface area (Å²) >= 11 is 0. The molecule has 1 saturated carbocycles. The molecule has 2 aliphatic rings. The minimum atomic E-state index is -0.151. The molecule has 0 unspecified atom stereocenters. The van der Waals surface area contributed by atoms with Crippen molar-refractivity contribution in [2.45, 2.75) is 45.1 Å². The van der Waals surface area contributed by atoms with E-state index in [1.54, 1.807) is 12.4 Å². The van der Waals surface area contributed by atoms with Crippen LogP contribution in [0.5, 0.6) is 0 Å². The van der Waals surface area contributed by atoms with Gasteiger partial charge in [0, 0.05) is 42.5 Å². The molecule has 1 amide bonds. The minimum absolute atomic E-state index is 0.151. The van der Waals surface area contributed by atoms with Gasteiger partial charge in [-0.1, -0.05) is 6.07 Å². The van der Waals surface area contributed by atoms with E-state index in [9.17, 15) is 4.79 Å². The van der Waals surface area contributed by atoms with Crippen LogP contribution in [0.4, 0.5) is 5.82 Å². The molecule has 3 aromatic heterocycles. The number of anilines is 1. The second kappa shape index (κ2) is 8.44. The summed E-state index contributed by atoms with van der Waals surface area (Å²) in [6, 6.07) is 5.92. The lowest BCUT2D eigenvalue weighted by molar-refractivity contribution is 0.102. The number of nitrogens with one attached hydrogen (secondary N) is 3. The first kappa shape index (κ1) is 19.1. The van der Waals surface area contributed by atoms with Gasteiger partial charge in [0.2, 0.25) is 0 Å². The van der Waals surface area contributed by atoms with Gasteiger partial charge in [0.25, 0.3) is 5.91 Å². The monoisotopic (exact) mass is 404 g/mol. The Morgan fingerprint density at radius 2 is 2.20 bits per heavy atom. The predicted molar refractivity (Wildman–Crippen MR) is 116 cm³/mol. The zero-order valence-electron chi connectivity index (χ0n) is 17.2. The molecule has 7 nitrogen and oxygen atoms in total. The Labute approximate surface area is 176 Å². The molecule has 3 N–H and O–H groups in total. The summed E-state index contributed by atoms with van der Waals surface area (Å²) in [7, 11) is 0. The predicted octanol–water partition coefficient (Wildman–Crippen LogP) is 3.40. The van der Waals surface area contributed by atoms with E-state index in [0.29, 0.717) is 11.4 Å². The van der Waals surface area contributed by atoms with Crippen molar-refractivity contribution in [3.63, 3.8) is 0 Å². The Bertz CT molecular complexity index is 1030. The fourth-order valence-electron chi connectivity index (χ4n) is 4.16. The minimum Gasteiger partial charge on any atom is -0.364 e. The van der Waals surface area contributed by atoms with Crippen LogP contribution < -0.4 is 10.6 Å². The molecule has 0 atom stereocenters. The van der Waals surface area contributed by atoms with Gasteiger partial charge in [-0.15, -0.1) is 0 Å². The Balaban J connectivity index is 1.24. The van der Waals surface area contributed by atoms with E-state index in [0.717, 1.165) is 68.2 Å². The Kier molecular flexibility index (Phi) is 5.36. The molecule has 3 aromatic rings. The Hall–Kier alpha value is -2.93. The van der Waals surface area contributed by atoms with Gasteiger partial charge in [-0.3, -0.25) is 14.5 Å². The first-order chi connectivity index (χ1) is 14.8. The highest BCUT2D eigenvalue weighted by atomic mass is 16.1. The lowest BCUT2D eigenvalue weighted by Gasteiger charge is -2.08. The van der Waals surface area contributed by atoms with E-state index >= 15 is 0 Å². The summed E-state index contributed by atoms with van der Waals surface area (Å²) in [6.07, 6.45) is 12.2. The van der Waals surface area contributed by atoms with Crippen molar-refractivity contribution in [3.8, 4) is 11.3 Å². The molecular weight excluding hydrogens is 376 g/mol. The highest BCUT2D eigenvalue weighted by Gasteiger charge is 2.24. The van der Waals surface area contributed by atoms with Crippen molar-refractivity contribution in [1.29, 1.82) is 0 Å². The second-order valence-electron chi connectivity index (χ2n) is 8.34. The fourth-order valence-corrected chi connectivity index (χ4v) is 4.16. The number of pyridine rings is 1. The molecule has 7 heteroatoms. The molecular formula is C23H28N6O. The third-order valence-electron chi connectivity index (χ3n) is 5.96. The van der Waals surface area contributed by atoms with Gasteiger partial charge in [0.1, 0.15) is 0 Å². The molecule has 2 aliphatic carbocycles. The molecule has 5 rings (SSSR count). The molecule has 0 aliphatic heterocycles. The van der Waals surface area contributed by atoms with Crippen LogP contribution in [0, 0.1) is 5.92 Å². The SMILES string of the molecule is O=C(Nc1ccn(CCCNCC2CC2)n1)c1c[nH]c2c1-c1ncccc1CCC2. The first-order valence-electron chi connectivity index (χ1n) is 11.0. The van der Waals surface area contributed by atoms with Gasteiger partial charge in [-0.2, -0.15) is 5.10 Å². The standard InChI is InChI=1S/C23H28N6O/c30-23(27-20-9-13-29(28-20)12-3-10-24-14-16-7-8-16)18-15-26-19-6-1-4-17-5-2-11-25-22(17)21(18)19/h2,5,9,11,13,15-16,24,26H,1,3-4,6-8,10,12,14H2,(H,27,28,30). The Morgan fingerprint density at radius 3 is 3.10 bits per heavy atom. The van der Waals surface area contributed by atoms with Gasteiger partial charge < -0.3 is 15.6 Å². The van der Waals surface area contributed by atoms with E-state index in [1.165, 1.54) is 18.4 Å². The maximum atomic E-state index is 13.0. The quantitative estimate of drug-likeness (QED) is 0.502. The van der Waals surface area contributed by atoms with Crippen LogP contribution in [-0.2, 0) is 19.4 Å². The van der Waals surface area contributed by atoms with Crippen LogP contribution in [0.1, 0.15) is 47.3 Å². The van der Waals surface area contributed by atoms with Crippen LogP contribution >= 0.6 is 0 Å². The van der Waals surface area contributed by atoms with Crippen LogP contribution in [0.15, 0.2) is 36.8 Å². The smallest absolute Gasteiger partial charge is 0.259 e. The maximum absolute atomic E-state index is 13.0. The number of amides is 1. The number of H-pyrrole nitrogens is 1. The van der Waals surface area contributed by atoms with Gasteiger partial charge in [0.05, 0.1) is 11.3 Å². The Morgan fingerprint density at radius 1 is 1.27 bits per heavy atom. The van der Waals surface area contributed by atoms with Crippen LogP contribution in [0.2, 0.25) is 0 Å². The van der Waals surface area contributed by atoms with Gasteiger partial charge in [0.15, 0.2) is 5.82 Å². The molecule has 0 radical (unpaired) electrons. The number of hydrogen-bond acceptors (Lipinski definition) is 4. The highest BCUT2D eigenvalue weighted by molar-refractivity contribution is 6.08. The number of aromatic nitrogens is 4. The number of hydrogen-bond donors (Lipinski definition) is 3. The zero-order valence-corrected chi connectivity index (χ0v) is 17.2. The maximum Gasteiger partial charge on any atom is 0.259 e. The number of aromatic amines is 1. The average molecular weight is 405 g/mol. The van der Waals surface area contributed by atoms with E-state index < -0.39 is 0 Å². The molecule has 1 fully saturated rings. The number of aryl methyl sites for hydroxylation is 3. The molecule has 3 heterocycles. The summed E-state index contributed by atoms with van der Waals surface area (Å²) in [5.74, 6) is 1.33. The van der Waals surface area contributed by atoms with E-state index in [2.05, 4.69) is 31.8 Å². The molecule has 0 aromatic carbocycles. The van der Waals surface area contributed by atoms with E-state index in [-0.39, 0.29) is 5.91 Å². The topological polar surface area (TPSA) is 87.6 Å². The summed E-state index contributed by atoms with van der Waals surface area (Å²) in [6.45, 7) is 2.98. The van der Waals surface area contributed by atoms with Crippen molar-refractivity contribution in [3.05, 3.63) is 53.6 Å². The number of carbonyl (C=O) groups is 1. The van der Waals surface area contributed by atoms with Crippen molar-refractivity contribution < 1.29 is 4.79 Å². The normalized spacial score (nSPS) is 15.3. The van der Waals surface area contributed by atoms with Crippen LogP contribution in [-0.4, -0.2) is 38.7 Å². The van der Waals surface area contributed by atoms with Crippen LogP contribution in [0.3, 0.4) is 0 Å². The van der Waals surface area contributed by atoms with E-state index in [4.69, 9.17) is 0 Å². The number of nitrogens with zero attached hydrogens (tertiary/aromatic N) is 3. The van der Waals surface area contributed by atoms with Crippen molar-refractivity contribution in [2.24, 2.45) is 5.92 Å². The molecule has 156 valence electrons. The van der Waals surface area contributed by atoms with Gasteiger partial charge in [-0.05, 0) is 69.2 Å². The van der Waals surface area contributed by atoms with E-state index in [1.807, 2.05) is 23.0 Å². The van der Waals surface area contributed by atoms with Crippen molar-refractivity contribution in [1.82, 2.24) is 25.1 Å². The highest BCUT2D eigenvalue weighted by Crippen LogP contribution is 2.33. The fraction of sp³-hybridized carbons (Fsp3) is 0.435. The third kappa shape index (κ3) is 4.16. The van der Waals surface area contributed by atoms with Crippen molar-refractivity contribution >= 4 is 11.7 Å². The molecule has 0 spiro atoms. The number of carbonyl (C=O) groups excluding carboxylic acids is 1. The lowest BCUT2D eigenvalue weighted by atomic mass is 10.0. The summed E-state index contributed by atoms with van der Waals surface area (Å²) in [4.78, 5) is 20.9.